The Morgan fingerprint density at radius 3 is 2.17 bits per heavy atom. The van der Waals surface area contributed by atoms with Crippen LogP contribution in [0.15, 0.2) is 76.1 Å². The van der Waals surface area contributed by atoms with Gasteiger partial charge in [0.1, 0.15) is 12.6 Å². The molecule has 0 aliphatic heterocycles. The highest BCUT2D eigenvalue weighted by Gasteiger charge is 2.33. The fourth-order valence-corrected chi connectivity index (χ4v) is 7.01. The van der Waals surface area contributed by atoms with Crippen LogP contribution in [-0.2, 0) is 26.2 Å². The number of hydrogen-bond donors (Lipinski definition) is 1. The molecule has 1 aliphatic carbocycles. The van der Waals surface area contributed by atoms with E-state index in [1.165, 1.54) is 15.6 Å². The van der Waals surface area contributed by atoms with Crippen molar-refractivity contribution in [2.24, 2.45) is 0 Å². The molecule has 42 heavy (non-hydrogen) atoms. The number of halogens is 1. The van der Waals surface area contributed by atoms with Crippen LogP contribution >= 0.6 is 15.9 Å². The van der Waals surface area contributed by atoms with E-state index >= 15 is 0 Å². The van der Waals surface area contributed by atoms with E-state index in [-0.39, 0.29) is 23.4 Å². The maximum Gasteiger partial charge on any atom is 0.264 e. The Hall–Kier alpha value is -3.17. The van der Waals surface area contributed by atoms with E-state index in [0.29, 0.717) is 5.69 Å². The van der Waals surface area contributed by atoms with Crippen LogP contribution in [0.1, 0.15) is 61.3 Å². The molecule has 224 valence electrons. The van der Waals surface area contributed by atoms with Crippen molar-refractivity contribution in [3.63, 3.8) is 0 Å². The van der Waals surface area contributed by atoms with Crippen LogP contribution in [0.4, 0.5) is 5.69 Å². The van der Waals surface area contributed by atoms with Crippen LogP contribution in [-0.4, -0.2) is 43.8 Å². The van der Waals surface area contributed by atoms with Crippen molar-refractivity contribution >= 4 is 43.5 Å². The summed E-state index contributed by atoms with van der Waals surface area (Å²) < 4.78 is 30.3. The van der Waals surface area contributed by atoms with Gasteiger partial charge in [-0.1, -0.05) is 77.2 Å². The molecule has 1 fully saturated rings. The Morgan fingerprint density at radius 2 is 1.52 bits per heavy atom. The molecule has 1 saturated carbocycles. The summed E-state index contributed by atoms with van der Waals surface area (Å²) in [5.41, 5.74) is 3.81. The molecule has 0 radical (unpaired) electrons. The first-order chi connectivity index (χ1) is 20.0. The summed E-state index contributed by atoms with van der Waals surface area (Å²) in [6.07, 6.45) is 5.16. The Labute approximate surface area is 258 Å². The molecule has 1 aliphatic rings. The highest BCUT2D eigenvalue weighted by Crippen LogP contribution is 2.29. The zero-order valence-corrected chi connectivity index (χ0v) is 27.2. The zero-order valence-electron chi connectivity index (χ0n) is 24.8. The monoisotopic (exact) mass is 653 g/mol. The van der Waals surface area contributed by atoms with Crippen molar-refractivity contribution in [2.45, 2.75) is 83.3 Å². The molecule has 1 N–H and O–H groups in total. The first kappa shape index (κ1) is 31.8. The largest absolute Gasteiger partial charge is 0.352 e. The van der Waals surface area contributed by atoms with E-state index in [9.17, 15) is 18.0 Å². The van der Waals surface area contributed by atoms with Gasteiger partial charge in [-0.25, -0.2) is 8.42 Å². The van der Waals surface area contributed by atoms with Crippen molar-refractivity contribution in [1.82, 2.24) is 10.2 Å². The number of carbonyl (C=O) groups is 2. The molecule has 7 nitrogen and oxygen atoms in total. The van der Waals surface area contributed by atoms with E-state index in [1.807, 2.05) is 57.2 Å². The number of aryl methyl sites for hydroxylation is 3. The molecule has 3 aromatic rings. The van der Waals surface area contributed by atoms with Gasteiger partial charge in [-0.2, -0.15) is 0 Å². The SMILES string of the molecule is Cc1ccc(S(=O)(=O)N(CC(=O)N(Cc2ccc(Br)cc2)[C@H](C)C(=O)NC2CCCCC2)c2cc(C)ccc2C)cc1. The average Bonchev–Trinajstić information content (AvgIpc) is 2.97. The summed E-state index contributed by atoms with van der Waals surface area (Å²) in [5.74, 6) is -0.687. The number of hydrogen-bond acceptors (Lipinski definition) is 4. The maximum absolute atomic E-state index is 14.2. The molecule has 0 unspecified atom stereocenters. The van der Waals surface area contributed by atoms with E-state index in [4.69, 9.17) is 0 Å². The van der Waals surface area contributed by atoms with Crippen LogP contribution in [0.5, 0.6) is 0 Å². The first-order valence-corrected chi connectivity index (χ1v) is 16.7. The zero-order chi connectivity index (χ0) is 30.4. The second-order valence-electron chi connectivity index (χ2n) is 11.3. The average molecular weight is 655 g/mol. The van der Waals surface area contributed by atoms with E-state index in [2.05, 4.69) is 21.2 Å². The van der Waals surface area contributed by atoms with Gasteiger partial charge in [-0.05, 0) is 87.6 Å². The van der Waals surface area contributed by atoms with Crippen molar-refractivity contribution in [2.75, 3.05) is 10.8 Å². The van der Waals surface area contributed by atoms with E-state index < -0.39 is 28.5 Å². The van der Waals surface area contributed by atoms with Crippen molar-refractivity contribution in [3.05, 3.63) is 93.5 Å². The minimum absolute atomic E-state index is 0.0895. The van der Waals surface area contributed by atoms with Crippen LogP contribution in [0.2, 0.25) is 0 Å². The lowest BCUT2D eigenvalue weighted by molar-refractivity contribution is -0.139. The minimum Gasteiger partial charge on any atom is -0.352 e. The number of anilines is 1. The number of nitrogens with one attached hydrogen (secondary N) is 1. The van der Waals surface area contributed by atoms with Gasteiger partial charge in [0.05, 0.1) is 10.6 Å². The number of sulfonamides is 1. The Morgan fingerprint density at radius 1 is 0.905 bits per heavy atom. The smallest absolute Gasteiger partial charge is 0.264 e. The lowest BCUT2D eigenvalue weighted by Gasteiger charge is -2.33. The molecule has 3 aromatic carbocycles. The molecule has 0 saturated heterocycles. The third-order valence-electron chi connectivity index (χ3n) is 7.91. The van der Waals surface area contributed by atoms with Crippen LogP contribution < -0.4 is 9.62 Å². The first-order valence-electron chi connectivity index (χ1n) is 14.5. The second-order valence-corrected chi connectivity index (χ2v) is 14.1. The van der Waals surface area contributed by atoms with Crippen LogP contribution in [0.25, 0.3) is 0 Å². The summed E-state index contributed by atoms with van der Waals surface area (Å²) in [6.45, 7) is 7.04. The van der Waals surface area contributed by atoms with Crippen LogP contribution in [0, 0.1) is 20.8 Å². The lowest BCUT2D eigenvalue weighted by Crippen LogP contribution is -2.53. The molecule has 0 aromatic heterocycles. The maximum atomic E-state index is 14.2. The number of nitrogens with zero attached hydrogens (tertiary/aromatic N) is 2. The topological polar surface area (TPSA) is 86.8 Å². The van der Waals surface area contributed by atoms with Crippen molar-refractivity contribution in [3.8, 4) is 0 Å². The lowest BCUT2D eigenvalue weighted by atomic mass is 9.95. The standard InChI is InChI=1S/C33H40BrN3O4S/c1-23-11-18-30(19-12-23)42(40,41)37(31-20-24(2)10-13-25(31)3)22-32(38)36(21-27-14-16-28(34)17-15-27)26(4)33(39)35-29-8-6-5-7-9-29/h10-20,26,29H,5-9,21-22H2,1-4H3,(H,35,39)/t26-/m1/s1. The normalized spacial score (nSPS) is 14.7. The number of rotatable bonds is 10. The summed E-state index contributed by atoms with van der Waals surface area (Å²) in [6, 6.07) is 19.0. The molecular formula is C33H40BrN3O4S. The van der Waals surface area contributed by atoms with Crippen molar-refractivity contribution in [1.29, 1.82) is 0 Å². The van der Waals surface area contributed by atoms with Gasteiger partial charge >= 0.3 is 0 Å². The Kier molecular flexibility index (Phi) is 10.5. The predicted molar refractivity (Wildman–Crippen MR) is 171 cm³/mol. The molecule has 2 amide bonds. The van der Waals surface area contributed by atoms with E-state index in [0.717, 1.165) is 52.4 Å². The Bertz CT molecular complexity index is 1500. The third kappa shape index (κ3) is 7.81. The molecule has 1 atom stereocenters. The third-order valence-corrected chi connectivity index (χ3v) is 10.2. The van der Waals surface area contributed by atoms with Gasteiger partial charge < -0.3 is 10.2 Å². The summed E-state index contributed by atoms with van der Waals surface area (Å²) >= 11 is 3.45. The molecule has 9 heteroatoms. The molecular weight excluding hydrogens is 614 g/mol. The number of carbonyl (C=O) groups excluding carboxylic acids is 2. The predicted octanol–water partition coefficient (Wildman–Crippen LogP) is 6.44. The quantitative estimate of drug-likeness (QED) is 0.273. The fraction of sp³-hybridized carbons (Fsp3) is 0.394. The molecule has 0 heterocycles. The number of benzene rings is 3. The van der Waals surface area contributed by atoms with Gasteiger partial charge in [0.15, 0.2) is 0 Å². The van der Waals surface area contributed by atoms with Crippen LogP contribution in [0.3, 0.4) is 0 Å². The highest BCUT2D eigenvalue weighted by atomic mass is 79.9. The van der Waals surface area contributed by atoms with Gasteiger partial charge in [-0.3, -0.25) is 13.9 Å². The second kappa shape index (κ2) is 13.9. The van der Waals surface area contributed by atoms with Gasteiger partial charge in [0.25, 0.3) is 10.0 Å². The minimum atomic E-state index is -4.11. The van der Waals surface area contributed by atoms with Gasteiger partial charge in [0, 0.05) is 17.1 Å². The highest BCUT2D eigenvalue weighted by molar-refractivity contribution is 9.10. The summed E-state index contributed by atoms with van der Waals surface area (Å²) in [5, 5.41) is 3.14. The van der Waals surface area contributed by atoms with E-state index in [1.54, 1.807) is 37.3 Å². The van der Waals surface area contributed by atoms with Crippen molar-refractivity contribution < 1.29 is 18.0 Å². The summed E-state index contributed by atoms with van der Waals surface area (Å²) in [7, 11) is -4.11. The number of amides is 2. The Balaban J connectivity index is 1.70. The van der Waals surface area contributed by atoms with Gasteiger partial charge in [0.2, 0.25) is 11.8 Å². The fourth-order valence-electron chi connectivity index (χ4n) is 5.28. The van der Waals surface area contributed by atoms with Gasteiger partial charge in [-0.15, -0.1) is 0 Å². The molecule has 0 spiro atoms. The molecule has 0 bridgehead atoms. The summed E-state index contributed by atoms with van der Waals surface area (Å²) in [4.78, 5) is 29.2. The molecule has 4 rings (SSSR count).